The van der Waals surface area contributed by atoms with Gasteiger partial charge in [-0.2, -0.15) is 0 Å². The normalized spacial score (nSPS) is 10.6. The van der Waals surface area contributed by atoms with Crippen molar-refractivity contribution >= 4 is 29.3 Å². The number of rotatable bonds is 6. The van der Waals surface area contributed by atoms with Crippen LogP contribution < -0.4 is 10.5 Å². The molecule has 2 rings (SSSR count). The Morgan fingerprint density at radius 1 is 1.26 bits per heavy atom. The molecule has 0 fully saturated rings. The number of aryl methyl sites for hydroxylation is 1. The predicted molar refractivity (Wildman–Crippen MR) is 94.6 cm³/mol. The molecule has 0 saturated carbocycles. The number of nitrogens with two attached hydrogens (primary N) is 1. The molecule has 4 nitrogen and oxygen atoms in total. The summed E-state index contributed by atoms with van der Waals surface area (Å²) in [4.78, 5) is 16.2. The van der Waals surface area contributed by atoms with E-state index < -0.39 is 5.91 Å². The van der Waals surface area contributed by atoms with E-state index in [9.17, 15) is 4.79 Å². The molecule has 1 heterocycles. The summed E-state index contributed by atoms with van der Waals surface area (Å²) >= 11 is 7.50. The molecule has 0 aliphatic carbocycles. The first-order valence-corrected chi connectivity index (χ1v) is 8.56. The molecule has 0 spiro atoms. The number of carbonyl (C=O) groups excluding carboxylic acids is 1. The number of primary amides is 1. The molecule has 0 radical (unpaired) electrons. The van der Waals surface area contributed by atoms with Crippen LogP contribution in [0.3, 0.4) is 0 Å². The fourth-order valence-corrected chi connectivity index (χ4v) is 3.31. The smallest absolute Gasteiger partial charge is 0.251 e. The second-order valence-corrected chi connectivity index (χ2v) is 6.61. The van der Waals surface area contributed by atoms with Crippen LogP contribution in [0.25, 0.3) is 0 Å². The maximum Gasteiger partial charge on any atom is 0.251 e. The van der Waals surface area contributed by atoms with E-state index in [1.165, 1.54) is 11.8 Å². The summed E-state index contributed by atoms with van der Waals surface area (Å²) in [7, 11) is 0. The number of hydrogen-bond acceptors (Lipinski definition) is 4. The topological polar surface area (TPSA) is 65.2 Å². The minimum absolute atomic E-state index is 0.451. The van der Waals surface area contributed by atoms with Crippen LogP contribution in [0.2, 0.25) is 5.02 Å². The van der Waals surface area contributed by atoms with Crippen LogP contribution in [0.1, 0.15) is 27.2 Å². The number of thioether (sulfide) groups is 1. The van der Waals surface area contributed by atoms with Gasteiger partial charge in [-0.05, 0) is 44.0 Å². The Hall–Kier alpha value is -1.72. The number of benzene rings is 1. The van der Waals surface area contributed by atoms with Crippen LogP contribution in [0, 0.1) is 20.8 Å². The zero-order valence-corrected chi connectivity index (χ0v) is 14.9. The Morgan fingerprint density at radius 2 is 1.96 bits per heavy atom. The molecule has 0 unspecified atom stereocenters. The monoisotopic (exact) mass is 350 g/mol. The van der Waals surface area contributed by atoms with Crippen molar-refractivity contribution in [1.29, 1.82) is 0 Å². The van der Waals surface area contributed by atoms with E-state index in [4.69, 9.17) is 22.1 Å². The SMILES string of the molecule is Cc1nc(SCCOc2ccccc2Cl)c(C(N)=O)c(C)c1C. The molecule has 0 aliphatic rings. The van der Waals surface area contributed by atoms with E-state index in [0.29, 0.717) is 33.7 Å². The summed E-state index contributed by atoms with van der Waals surface area (Å²) in [6.07, 6.45) is 0. The van der Waals surface area contributed by atoms with E-state index >= 15 is 0 Å². The lowest BCUT2D eigenvalue weighted by Gasteiger charge is -2.13. The number of aromatic nitrogens is 1. The van der Waals surface area contributed by atoms with E-state index in [0.717, 1.165) is 16.8 Å². The lowest BCUT2D eigenvalue weighted by molar-refractivity contribution is 0.0996. The number of halogens is 1. The first kappa shape index (κ1) is 17.6. The molecule has 122 valence electrons. The van der Waals surface area contributed by atoms with Crippen LogP contribution in [0.5, 0.6) is 5.75 Å². The molecule has 6 heteroatoms. The number of nitrogens with zero attached hydrogens (tertiary/aromatic N) is 1. The van der Waals surface area contributed by atoms with Gasteiger partial charge in [-0.1, -0.05) is 23.7 Å². The average Bonchev–Trinajstić information content (AvgIpc) is 2.50. The molecule has 0 bridgehead atoms. The van der Waals surface area contributed by atoms with Crippen molar-refractivity contribution in [2.75, 3.05) is 12.4 Å². The highest BCUT2D eigenvalue weighted by atomic mass is 35.5. The maximum absolute atomic E-state index is 11.7. The highest BCUT2D eigenvalue weighted by Gasteiger charge is 2.17. The van der Waals surface area contributed by atoms with E-state index in [1.807, 2.05) is 39.0 Å². The van der Waals surface area contributed by atoms with Crippen molar-refractivity contribution in [3.8, 4) is 5.75 Å². The molecule has 2 aromatic rings. The van der Waals surface area contributed by atoms with Crippen LogP contribution in [-0.2, 0) is 0 Å². The number of carbonyl (C=O) groups is 1. The van der Waals surface area contributed by atoms with Gasteiger partial charge in [0.1, 0.15) is 10.8 Å². The number of ether oxygens (including phenoxy) is 1. The minimum Gasteiger partial charge on any atom is -0.491 e. The quantitative estimate of drug-likeness (QED) is 0.633. The molecule has 0 saturated heterocycles. The number of amides is 1. The molecule has 1 aromatic carbocycles. The largest absolute Gasteiger partial charge is 0.491 e. The zero-order valence-electron chi connectivity index (χ0n) is 13.4. The van der Waals surface area contributed by atoms with Crippen molar-refractivity contribution in [3.63, 3.8) is 0 Å². The minimum atomic E-state index is -0.451. The van der Waals surface area contributed by atoms with Crippen molar-refractivity contribution in [2.24, 2.45) is 5.73 Å². The number of hydrogen-bond donors (Lipinski definition) is 1. The summed E-state index contributed by atoms with van der Waals surface area (Å²) in [6.45, 7) is 6.23. The Morgan fingerprint density at radius 3 is 2.61 bits per heavy atom. The highest BCUT2D eigenvalue weighted by molar-refractivity contribution is 7.99. The van der Waals surface area contributed by atoms with Crippen LogP contribution >= 0.6 is 23.4 Å². The molecular formula is C17H19ClN2O2S. The van der Waals surface area contributed by atoms with Gasteiger partial charge in [0, 0.05) is 11.4 Å². The van der Waals surface area contributed by atoms with E-state index in [2.05, 4.69) is 4.98 Å². The van der Waals surface area contributed by atoms with Gasteiger partial charge in [-0.3, -0.25) is 4.79 Å². The first-order valence-electron chi connectivity index (χ1n) is 7.19. The predicted octanol–water partition coefficient (Wildman–Crippen LogP) is 3.93. The molecular weight excluding hydrogens is 332 g/mol. The molecule has 2 N–H and O–H groups in total. The van der Waals surface area contributed by atoms with Gasteiger partial charge in [0.15, 0.2) is 0 Å². The average molecular weight is 351 g/mol. The molecule has 0 atom stereocenters. The van der Waals surface area contributed by atoms with Crippen molar-refractivity contribution in [1.82, 2.24) is 4.98 Å². The summed E-state index contributed by atoms with van der Waals surface area (Å²) < 4.78 is 5.65. The summed E-state index contributed by atoms with van der Waals surface area (Å²) in [5, 5.41) is 1.23. The van der Waals surface area contributed by atoms with Gasteiger partial charge in [-0.25, -0.2) is 4.98 Å². The van der Waals surface area contributed by atoms with Crippen LogP contribution in [0.15, 0.2) is 29.3 Å². The molecule has 23 heavy (non-hydrogen) atoms. The zero-order chi connectivity index (χ0) is 17.0. The van der Waals surface area contributed by atoms with Crippen LogP contribution in [0.4, 0.5) is 0 Å². The Labute approximate surface area is 145 Å². The van der Waals surface area contributed by atoms with Gasteiger partial charge in [0.2, 0.25) is 0 Å². The van der Waals surface area contributed by atoms with Gasteiger partial charge < -0.3 is 10.5 Å². The Kier molecular flexibility index (Phi) is 5.91. The number of para-hydroxylation sites is 1. The summed E-state index contributed by atoms with van der Waals surface area (Å²) in [5.41, 5.74) is 8.79. The first-order chi connectivity index (χ1) is 10.9. The third-order valence-electron chi connectivity index (χ3n) is 3.63. The molecule has 1 aromatic heterocycles. The fraction of sp³-hybridized carbons (Fsp3) is 0.294. The van der Waals surface area contributed by atoms with Gasteiger partial charge in [0.05, 0.1) is 17.2 Å². The van der Waals surface area contributed by atoms with E-state index in [1.54, 1.807) is 6.07 Å². The molecule has 1 amide bonds. The number of pyridine rings is 1. The highest BCUT2D eigenvalue weighted by Crippen LogP contribution is 2.27. The third kappa shape index (κ3) is 4.18. The Bertz CT molecular complexity index is 735. The molecule has 0 aliphatic heterocycles. The second kappa shape index (κ2) is 7.70. The van der Waals surface area contributed by atoms with Crippen molar-refractivity contribution < 1.29 is 9.53 Å². The maximum atomic E-state index is 11.7. The van der Waals surface area contributed by atoms with Gasteiger partial charge in [0.25, 0.3) is 5.91 Å². The summed E-state index contributed by atoms with van der Waals surface area (Å²) in [5.74, 6) is 0.835. The van der Waals surface area contributed by atoms with Crippen molar-refractivity contribution in [2.45, 2.75) is 25.8 Å². The third-order valence-corrected chi connectivity index (χ3v) is 4.88. The van der Waals surface area contributed by atoms with Crippen LogP contribution in [-0.4, -0.2) is 23.3 Å². The van der Waals surface area contributed by atoms with Crippen molar-refractivity contribution in [3.05, 3.63) is 51.7 Å². The van der Waals surface area contributed by atoms with Gasteiger partial charge >= 0.3 is 0 Å². The fourth-order valence-electron chi connectivity index (χ4n) is 2.16. The van der Waals surface area contributed by atoms with Gasteiger partial charge in [-0.15, -0.1) is 11.8 Å². The lowest BCUT2D eigenvalue weighted by Crippen LogP contribution is -2.17. The van der Waals surface area contributed by atoms with E-state index in [-0.39, 0.29) is 0 Å². The summed E-state index contributed by atoms with van der Waals surface area (Å²) in [6, 6.07) is 7.32. The standard InChI is InChI=1S/C17H19ClN2O2S/c1-10-11(2)15(16(19)21)17(20-12(10)3)23-9-8-22-14-7-5-4-6-13(14)18/h4-7H,8-9H2,1-3H3,(H2,19,21). The second-order valence-electron chi connectivity index (χ2n) is 5.12. The Balaban J connectivity index is 2.06. The lowest BCUT2D eigenvalue weighted by atomic mass is 10.0.